The Morgan fingerprint density at radius 2 is 2.07 bits per heavy atom. The first-order valence-electron chi connectivity index (χ1n) is 4.53. The molecule has 0 aromatic heterocycles. The lowest BCUT2D eigenvalue weighted by molar-refractivity contribution is -0.139. The molecule has 0 spiro atoms. The largest absolute Gasteiger partial charge is 0.464 e. The highest BCUT2D eigenvalue weighted by atomic mass is 16.5. The van der Waals surface area contributed by atoms with E-state index in [1.807, 2.05) is 37.4 Å². The Morgan fingerprint density at radius 1 is 1.43 bits per heavy atom. The van der Waals surface area contributed by atoms with Crippen molar-refractivity contribution < 1.29 is 9.53 Å². The van der Waals surface area contributed by atoms with Crippen LogP contribution in [0, 0.1) is 6.54 Å². The van der Waals surface area contributed by atoms with Crippen LogP contribution >= 0.6 is 0 Å². The molecular weight excluding hydrogens is 178 g/mol. The van der Waals surface area contributed by atoms with Gasteiger partial charge in [-0.2, -0.15) is 0 Å². The molecule has 0 bridgehead atoms. The molecule has 0 N–H and O–H groups in total. The Balaban J connectivity index is 2.50. The number of hydrogen-bond acceptors (Lipinski definition) is 3. The highest BCUT2D eigenvalue weighted by molar-refractivity contribution is 5.82. The Hall–Kier alpha value is -1.51. The van der Waals surface area contributed by atoms with Gasteiger partial charge in [0.05, 0.1) is 6.61 Å². The molecular formula is C11H14NO2. The van der Waals surface area contributed by atoms with Gasteiger partial charge in [0.2, 0.25) is 0 Å². The molecule has 0 atom stereocenters. The fourth-order valence-corrected chi connectivity index (χ4v) is 1.08. The maximum absolute atomic E-state index is 11.1. The molecule has 1 aromatic rings. The Kier molecular flexibility index (Phi) is 3.98. The molecule has 0 unspecified atom stereocenters. The summed E-state index contributed by atoms with van der Waals surface area (Å²) in [5.74, 6) is -0.321. The van der Waals surface area contributed by atoms with Gasteiger partial charge in [-0.1, -0.05) is 18.2 Å². The highest BCUT2D eigenvalue weighted by Gasteiger charge is 2.07. The van der Waals surface area contributed by atoms with Gasteiger partial charge in [0.15, 0.2) is 6.54 Å². The number of benzene rings is 1. The zero-order valence-electron chi connectivity index (χ0n) is 8.43. The lowest BCUT2D eigenvalue weighted by Gasteiger charge is -2.16. The fraction of sp³-hybridized carbons (Fsp3) is 0.273. The van der Waals surface area contributed by atoms with Crippen molar-refractivity contribution in [3.63, 3.8) is 0 Å². The molecule has 0 aliphatic rings. The molecule has 0 amide bonds. The summed E-state index contributed by atoms with van der Waals surface area (Å²) in [7, 11) is 1.81. The van der Waals surface area contributed by atoms with Crippen molar-refractivity contribution in [1.29, 1.82) is 0 Å². The topological polar surface area (TPSA) is 29.5 Å². The molecule has 0 aliphatic heterocycles. The van der Waals surface area contributed by atoms with E-state index in [4.69, 9.17) is 4.74 Å². The Bertz CT molecular complexity index is 285. The lowest BCUT2D eigenvalue weighted by Crippen LogP contribution is -2.21. The van der Waals surface area contributed by atoms with Crippen LogP contribution in [0.15, 0.2) is 30.3 Å². The quantitative estimate of drug-likeness (QED) is 0.682. The van der Waals surface area contributed by atoms with Crippen LogP contribution in [0.4, 0.5) is 5.69 Å². The molecule has 14 heavy (non-hydrogen) atoms. The number of anilines is 1. The predicted octanol–water partition coefficient (Wildman–Crippen LogP) is 1.85. The van der Waals surface area contributed by atoms with Crippen molar-refractivity contribution in [2.45, 2.75) is 6.92 Å². The number of carbonyl (C=O) groups is 1. The molecule has 3 heteroatoms. The zero-order valence-corrected chi connectivity index (χ0v) is 8.43. The van der Waals surface area contributed by atoms with Gasteiger partial charge < -0.3 is 9.64 Å². The highest BCUT2D eigenvalue weighted by Crippen LogP contribution is 2.12. The minimum atomic E-state index is -0.321. The van der Waals surface area contributed by atoms with Gasteiger partial charge in [0.25, 0.3) is 0 Å². The summed E-state index contributed by atoms with van der Waals surface area (Å²) >= 11 is 0. The third kappa shape index (κ3) is 3.09. The number of para-hydroxylation sites is 1. The van der Waals surface area contributed by atoms with E-state index < -0.39 is 0 Å². The van der Waals surface area contributed by atoms with E-state index in [2.05, 4.69) is 0 Å². The first kappa shape index (κ1) is 10.6. The third-order valence-corrected chi connectivity index (χ3v) is 1.75. The van der Waals surface area contributed by atoms with Crippen molar-refractivity contribution in [3.8, 4) is 0 Å². The van der Waals surface area contributed by atoms with Crippen LogP contribution in [0.25, 0.3) is 0 Å². The molecule has 1 aromatic carbocycles. The second kappa shape index (κ2) is 5.27. The first-order valence-corrected chi connectivity index (χ1v) is 4.53. The maximum atomic E-state index is 11.1. The molecule has 75 valence electrons. The number of carbonyl (C=O) groups excluding carboxylic acids is 1. The van der Waals surface area contributed by atoms with E-state index in [1.165, 1.54) is 6.54 Å². The smallest absolute Gasteiger partial charge is 0.331 e. The summed E-state index contributed by atoms with van der Waals surface area (Å²) in [5, 5.41) is 0. The minimum absolute atomic E-state index is 0.321. The maximum Gasteiger partial charge on any atom is 0.331 e. The summed E-state index contributed by atoms with van der Waals surface area (Å²) in [6.45, 7) is 3.62. The monoisotopic (exact) mass is 192 g/mol. The summed E-state index contributed by atoms with van der Waals surface area (Å²) in [5.41, 5.74) is 0.959. The number of ether oxygens (including phenoxy) is 1. The van der Waals surface area contributed by atoms with Crippen molar-refractivity contribution in [2.75, 3.05) is 18.6 Å². The number of rotatable bonds is 4. The summed E-state index contributed by atoms with van der Waals surface area (Å²) in [6.07, 6.45) is 0. The van der Waals surface area contributed by atoms with Gasteiger partial charge in [0, 0.05) is 12.7 Å². The number of nitrogens with zero attached hydrogens (tertiary/aromatic N) is 1. The van der Waals surface area contributed by atoms with E-state index in [-0.39, 0.29) is 5.97 Å². The van der Waals surface area contributed by atoms with E-state index in [0.717, 1.165) is 5.69 Å². The van der Waals surface area contributed by atoms with Crippen LogP contribution in [-0.2, 0) is 9.53 Å². The van der Waals surface area contributed by atoms with Gasteiger partial charge in [-0.05, 0) is 19.1 Å². The molecule has 0 fully saturated rings. The van der Waals surface area contributed by atoms with Crippen molar-refractivity contribution in [3.05, 3.63) is 36.9 Å². The fourth-order valence-electron chi connectivity index (χ4n) is 1.08. The van der Waals surface area contributed by atoms with Gasteiger partial charge >= 0.3 is 5.97 Å². The SMILES string of the molecule is CCOC(=O)[CH]N(C)c1ccccc1. The van der Waals surface area contributed by atoms with Crippen LogP contribution in [0.1, 0.15) is 6.92 Å². The van der Waals surface area contributed by atoms with Crippen LogP contribution in [-0.4, -0.2) is 19.6 Å². The van der Waals surface area contributed by atoms with Gasteiger partial charge in [0.1, 0.15) is 0 Å². The number of esters is 1. The average Bonchev–Trinajstić information content (AvgIpc) is 2.19. The second-order valence-corrected chi connectivity index (χ2v) is 2.83. The molecule has 0 saturated carbocycles. The third-order valence-electron chi connectivity index (χ3n) is 1.75. The summed E-state index contributed by atoms with van der Waals surface area (Å²) < 4.78 is 4.80. The molecule has 0 saturated heterocycles. The predicted molar refractivity (Wildman–Crippen MR) is 55.8 cm³/mol. The van der Waals surface area contributed by atoms with Gasteiger partial charge in [-0.25, -0.2) is 4.79 Å². The van der Waals surface area contributed by atoms with E-state index in [9.17, 15) is 4.79 Å². The number of hydrogen-bond donors (Lipinski definition) is 0. The standard InChI is InChI=1S/C11H14NO2/c1-3-14-11(13)9-12(2)10-7-5-4-6-8-10/h4-9H,3H2,1-2H3. The van der Waals surface area contributed by atoms with Crippen molar-refractivity contribution >= 4 is 11.7 Å². The minimum Gasteiger partial charge on any atom is -0.464 e. The van der Waals surface area contributed by atoms with Crippen molar-refractivity contribution in [2.24, 2.45) is 0 Å². The van der Waals surface area contributed by atoms with Crippen molar-refractivity contribution in [1.82, 2.24) is 0 Å². The Morgan fingerprint density at radius 3 is 2.64 bits per heavy atom. The molecule has 0 aliphatic carbocycles. The van der Waals surface area contributed by atoms with Crippen LogP contribution < -0.4 is 4.90 Å². The van der Waals surface area contributed by atoms with E-state index in [1.54, 1.807) is 11.8 Å². The van der Waals surface area contributed by atoms with Crippen LogP contribution in [0.3, 0.4) is 0 Å². The molecule has 0 heterocycles. The van der Waals surface area contributed by atoms with Crippen LogP contribution in [0.5, 0.6) is 0 Å². The lowest BCUT2D eigenvalue weighted by atomic mass is 10.3. The molecule has 1 rings (SSSR count). The van der Waals surface area contributed by atoms with Crippen LogP contribution in [0.2, 0.25) is 0 Å². The molecule has 3 nitrogen and oxygen atoms in total. The Labute approximate surface area is 84.3 Å². The van der Waals surface area contributed by atoms with E-state index in [0.29, 0.717) is 6.61 Å². The normalized spacial score (nSPS) is 9.57. The van der Waals surface area contributed by atoms with Gasteiger partial charge in [-0.15, -0.1) is 0 Å². The first-order chi connectivity index (χ1) is 6.74. The number of likely N-dealkylation sites (N-methyl/N-ethyl adjacent to an activating group) is 1. The summed E-state index contributed by atoms with van der Waals surface area (Å²) in [6, 6.07) is 9.63. The second-order valence-electron chi connectivity index (χ2n) is 2.83. The van der Waals surface area contributed by atoms with Gasteiger partial charge in [-0.3, -0.25) is 0 Å². The van der Waals surface area contributed by atoms with E-state index >= 15 is 0 Å². The molecule has 1 radical (unpaired) electrons. The zero-order chi connectivity index (χ0) is 10.4. The summed E-state index contributed by atoms with van der Waals surface area (Å²) in [4.78, 5) is 12.8. The average molecular weight is 192 g/mol.